The highest BCUT2D eigenvalue weighted by atomic mass is 32.2. The van der Waals surface area contributed by atoms with Crippen LogP contribution in [-0.2, 0) is 10.0 Å². The molecule has 0 saturated heterocycles. The maximum atomic E-state index is 12.0. The minimum absolute atomic E-state index is 0.0405. The molecule has 0 bridgehead atoms. The third-order valence-electron chi connectivity index (χ3n) is 2.37. The Balaban J connectivity index is 2.34. The van der Waals surface area contributed by atoms with Gasteiger partial charge in [0.05, 0.1) is 23.0 Å². The third-order valence-corrected chi connectivity index (χ3v) is 3.72. The van der Waals surface area contributed by atoms with Crippen LogP contribution in [0.5, 0.6) is 0 Å². The Hall–Kier alpha value is -2.59. The first-order chi connectivity index (χ1) is 9.03. The van der Waals surface area contributed by atoms with Gasteiger partial charge in [-0.15, -0.1) is 0 Å². The molecule has 3 N–H and O–H groups in total. The van der Waals surface area contributed by atoms with Crippen LogP contribution >= 0.6 is 0 Å². The molecule has 0 atom stereocenters. The van der Waals surface area contributed by atoms with Crippen molar-refractivity contribution in [1.29, 1.82) is 5.26 Å². The molecule has 0 unspecified atom stereocenters. The summed E-state index contributed by atoms with van der Waals surface area (Å²) in [5.41, 5.74) is 6.46. The van der Waals surface area contributed by atoms with E-state index in [1.54, 1.807) is 0 Å². The summed E-state index contributed by atoms with van der Waals surface area (Å²) in [6, 6.07) is 9.21. The standard InChI is InChI=1S/C12H10N4O2S/c13-7-9-3-4-12(11(14)6-9)16-19(17,18)10-2-1-5-15-8-10/h1-6,8,16H,14H2. The van der Waals surface area contributed by atoms with Crippen LogP contribution in [0.3, 0.4) is 0 Å². The van der Waals surface area contributed by atoms with Gasteiger partial charge in [0.2, 0.25) is 0 Å². The van der Waals surface area contributed by atoms with Crippen molar-refractivity contribution < 1.29 is 8.42 Å². The van der Waals surface area contributed by atoms with E-state index < -0.39 is 10.0 Å². The van der Waals surface area contributed by atoms with E-state index in [2.05, 4.69) is 9.71 Å². The summed E-state index contributed by atoms with van der Waals surface area (Å²) in [5.74, 6) is 0. The van der Waals surface area contributed by atoms with Gasteiger partial charge in [-0.3, -0.25) is 9.71 Å². The van der Waals surface area contributed by atoms with E-state index in [4.69, 9.17) is 11.0 Å². The molecule has 2 rings (SSSR count). The molecule has 2 aromatic rings. The number of benzene rings is 1. The maximum absolute atomic E-state index is 12.0. The summed E-state index contributed by atoms with van der Waals surface area (Å²) >= 11 is 0. The molecular weight excluding hydrogens is 264 g/mol. The fourth-order valence-electron chi connectivity index (χ4n) is 1.43. The lowest BCUT2D eigenvalue weighted by Gasteiger charge is -2.10. The number of rotatable bonds is 3. The normalized spacial score (nSPS) is 10.7. The number of nitrogen functional groups attached to an aromatic ring is 1. The van der Waals surface area contributed by atoms with E-state index in [9.17, 15) is 8.42 Å². The van der Waals surface area contributed by atoms with Gasteiger partial charge in [0.15, 0.2) is 0 Å². The number of anilines is 2. The van der Waals surface area contributed by atoms with Crippen LogP contribution in [0, 0.1) is 11.3 Å². The van der Waals surface area contributed by atoms with Crippen molar-refractivity contribution in [3.8, 4) is 6.07 Å². The summed E-state index contributed by atoms with van der Waals surface area (Å²) < 4.78 is 26.4. The van der Waals surface area contributed by atoms with Crippen LogP contribution in [-0.4, -0.2) is 13.4 Å². The van der Waals surface area contributed by atoms with Gasteiger partial charge in [-0.2, -0.15) is 5.26 Å². The van der Waals surface area contributed by atoms with Gasteiger partial charge in [-0.25, -0.2) is 8.42 Å². The number of nitrogens with one attached hydrogen (secondary N) is 1. The molecule has 19 heavy (non-hydrogen) atoms. The molecule has 0 spiro atoms. The highest BCUT2D eigenvalue weighted by Gasteiger charge is 2.15. The van der Waals surface area contributed by atoms with Gasteiger partial charge in [0.25, 0.3) is 10.0 Å². The molecule has 1 aromatic carbocycles. The van der Waals surface area contributed by atoms with Crippen molar-refractivity contribution in [2.75, 3.05) is 10.5 Å². The zero-order valence-electron chi connectivity index (χ0n) is 9.74. The van der Waals surface area contributed by atoms with Crippen LogP contribution in [0.2, 0.25) is 0 Å². The van der Waals surface area contributed by atoms with E-state index in [0.717, 1.165) is 0 Å². The van der Waals surface area contributed by atoms with Crippen LogP contribution in [0.1, 0.15) is 5.56 Å². The Morgan fingerprint density at radius 3 is 2.68 bits per heavy atom. The molecule has 0 aliphatic heterocycles. The Labute approximate surface area is 110 Å². The average molecular weight is 274 g/mol. The molecule has 0 amide bonds. The first-order valence-electron chi connectivity index (χ1n) is 5.25. The van der Waals surface area contributed by atoms with Crippen molar-refractivity contribution in [3.63, 3.8) is 0 Å². The zero-order valence-corrected chi connectivity index (χ0v) is 10.6. The SMILES string of the molecule is N#Cc1ccc(NS(=O)(=O)c2cccnc2)c(N)c1. The Bertz CT molecular complexity index is 736. The second-order valence-electron chi connectivity index (χ2n) is 3.71. The molecule has 6 nitrogen and oxygen atoms in total. The smallest absolute Gasteiger partial charge is 0.263 e. The van der Waals surface area contributed by atoms with Crippen LogP contribution in [0.15, 0.2) is 47.6 Å². The molecule has 0 aliphatic rings. The molecule has 0 radical (unpaired) electrons. The van der Waals surface area contributed by atoms with E-state index in [1.807, 2.05) is 6.07 Å². The van der Waals surface area contributed by atoms with Crippen molar-refractivity contribution in [3.05, 3.63) is 48.3 Å². The monoisotopic (exact) mass is 274 g/mol. The fraction of sp³-hybridized carbons (Fsp3) is 0. The Morgan fingerprint density at radius 2 is 2.11 bits per heavy atom. The first kappa shape index (κ1) is 12.9. The lowest BCUT2D eigenvalue weighted by molar-refractivity contribution is 0.601. The highest BCUT2D eigenvalue weighted by molar-refractivity contribution is 7.92. The molecule has 0 aliphatic carbocycles. The maximum Gasteiger partial charge on any atom is 0.263 e. The highest BCUT2D eigenvalue weighted by Crippen LogP contribution is 2.22. The van der Waals surface area contributed by atoms with Crippen LogP contribution < -0.4 is 10.5 Å². The lowest BCUT2D eigenvalue weighted by atomic mass is 10.2. The number of sulfonamides is 1. The zero-order chi connectivity index (χ0) is 13.9. The average Bonchev–Trinajstić information content (AvgIpc) is 2.42. The Kier molecular flexibility index (Phi) is 3.35. The van der Waals surface area contributed by atoms with Gasteiger partial charge in [0.1, 0.15) is 4.90 Å². The van der Waals surface area contributed by atoms with Crippen LogP contribution in [0.25, 0.3) is 0 Å². The fourth-order valence-corrected chi connectivity index (χ4v) is 2.49. The summed E-state index contributed by atoms with van der Waals surface area (Å²) in [4.78, 5) is 3.79. The second-order valence-corrected chi connectivity index (χ2v) is 5.39. The topological polar surface area (TPSA) is 109 Å². The minimum Gasteiger partial charge on any atom is -0.397 e. The van der Waals surface area contributed by atoms with E-state index >= 15 is 0 Å². The third kappa shape index (κ3) is 2.81. The number of aromatic nitrogens is 1. The van der Waals surface area contributed by atoms with Gasteiger partial charge in [-0.05, 0) is 30.3 Å². The van der Waals surface area contributed by atoms with Crippen molar-refractivity contribution in [2.45, 2.75) is 4.90 Å². The molecule has 1 aromatic heterocycles. The molecule has 1 heterocycles. The number of pyridine rings is 1. The first-order valence-corrected chi connectivity index (χ1v) is 6.74. The Morgan fingerprint density at radius 1 is 1.32 bits per heavy atom. The van der Waals surface area contributed by atoms with Gasteiger partial charge >= 0.3 is 0 Å². The lowest BCUT2D eigenvalue weighted by Crippen LogP contribution is -2.14. The molecule has 0 fully saturated rings. The quantitative estimate of drug-likeness (QED) is 0.821. The molecule has 7 heteroatoms. The predicted octanol–water partition coefficient (Wildman–Crippen LogP) is 1.34. The van der Waals surface area contributed by atoms with Gasteiger partial charge in [-0.1, -0.05) is 0 Å². The summed E-state index contributed by atoms with van der Waals surface area (Å²) in [5, 5.41) is 8.71. The molecule has 0 saturated carbocycles. The predicted molar refractivity (Wildman–Crippen MR) is 70.6 cm³/mol. The number of hydrogen-bond donors (Lipinski definition) is 2. The molecule has 96 valence electrons. The van der Waals surface area contributed by atoms with Crippen molar-refractivity contribution in [1.82, 2.24) is 4.98 Å². The van der Waals surface area contributed by atoms with Crippen molar-refractivity contribution in [2.24, 2.45) is 0 Å². The largest absolute Gasteiger partial charge is 0.397 e. The van der Waals surface area contributed by atoms with Gasteiger partial charge in [0, 0.05) is 12.4 Å². The van der Waals surface area contributed by atoms with E-state index in [1.165, 1.54) is 42.7 Å². The number of nitrogens with two attached hydrogens (primary N) is 1. The van der Waals surface area contributed by atoms with E-state index in [-0.39, 0.29) is 16.3 Å². The molecular formula is C12H10N4O2S. The summed E-state index contributed by atoms with van der Waals surface area (Å²) in [6.45, 7) is 0. The summed E-state index contributed by atoms with van der Waals surface area (Å²) in [6.07, 6.45) is 2.72. The second kappa shape index (κ2) is 4.96. The number of hydrogen-bond acceptors (Lipinski definition) is 5. The summed E-state index contributed by atoms with van der Waals surface area (Å²) in [7, 11) is -3.73. The van der Waals surface area contributed by atoms with Gasteiger partial charge < -0.3 is 5.73 Å². The minimum atomic E-state index is -3.73. The number of nitrogens with zero attached hydrogens (tertiary/aromatic N) is 2. The van der Waals surface area contributed by atoms with E-state index in [0.29, 0.717) is 5.56 Å². The number of nitriles is 1. The van der Waals surface area contributed by atoms with Crippen LogP contribution in [0.4, 0.5) is 11.4 Å². The van der Waals surface area contributed by atoms with Crippen molar-refractivity contribution >= 4 is 21.4 Å².